The van der Waals surface area contributed by atoms with Crippen LogP contribution < -0.4 is 4.74 Å². The van der Waals surface area contributed by atoms with E-state index in [9.17, 15) is 0 Å². The normalized spacial score (nSPS) is 11.3. The summed E-state index contributed by atoms with van der Waals surface area (Å²) in [4.78, 5) is 15.1. The highest BCUT2D eigenvalue weighted by Gasteiger charge is 2.12. The first-order chi connectivity index (χ1) is 10.3. The first-order valence-electron chi connectivity index (χ1n) is 6.71. The van der Waals surface area contributed by atoms with Gasteiger partial charge in [0, 0.05) is 17.1 Å². The van der Waals surface area contributed by atoms with Crippen molar-refractivity contribution in [1.29, 1.82) is 0 Å². The summed E-state index contributed by atoms with van der Waals surface area (Å²) in [5, 5.41) is 1.05. The molecule has 3 aromatic heterocycles. The Bertz CT molecular complexity index is 951. The fourth-order valence-electron chi connectivity index (χ4n) is 2.70. The molecule has 0 fully saturated rings. The van der Waals surface area contributed by atoms with E-state index in [2.05, 4.69) is 39.0 Å². The number of aromatic nitrogens is 4. The Morgan fingerprint density at radius 1 is 1.05 bits per heavy atom. The maximum atomic E-state index is 5.28. The van der Waals surface area contributed by atoms with E-state index in [1.54, 1.807) is 19.6 Å². The lowest BCUT2D eigenvalue weighted by Gasteiger charge is -2.06. The third-order valence-corrected chi connectivity index (χ3v) is 3.80. The molecule has 104 valence electrons. The summed E-state index contributed by atoms with van der Waals surface area (Å²) in [5.74, 6) is 0.752. The smallest absolute Gasteiger partial charge is 0.138 e. The van der Waals surface area contributed by atoms with Gasteiger partial charge in [-0.05, 0) is 36.2 Å². The Labute approximate surface area is 121 Å². The number of rotatable bonds is 2. The third kappa shape index (κ3) is 1.78. The molecule has 0 amide bonds. The van der Waals surface area contributed by atoms with Crippen LogP contribution in [0.5, 0.6) is 5.75 Å². The van der Waals surface area contributed by atoms with Crippen molar-refractivity contribution in [3.05, 3.63) is 42.5 Å². The minimum absolute atomic E-state index is 0.752. The number of imidazole rings is 1. The fourth-order valence-corrected chi connectivity index (χ4v) is 2.70. The highest BCUT2D eigenvalue weighted by Crippen LogP contribution is 2.33. The fraction of sp³-hybridized carbons (Fsp3) is 0.125. The second-order valence-electron chi connectivity index (χ2n) is 5.06. The van der Waals surface area contributed by atoms with Crippen LogP contribution in [0.4, 0.5) is 0 Å². The number of hydrogen-bond acceptors (Lipinski definition) is 3. The number of pyridine rings is 1. The second-order valence-corrected chi connectivity index (χ2v) is 5.06. The van der Waals surface area contributed by atoms with E-state index in [0.29, 0.717) is 0 Å². The monoisotopic (exact) mass is 278 g/mol. The van der Waals surface area contributed by atoms with Crippen LogP contribution in [0, 0.1) is 6.92 Å². The van der Waals surface area contributed by atoms with Gasteiger partial charge >= 0.3 is 0 Å². The summed E-state index contributed by atoms with van der Waals surface area (Å²) in [6, 6.07) is 6.22. The molecule has 5 nitrogen and oxygen atoms in total. The Morgan fingerprint density at radius 2 is 1.95 bits per heavy atom. The molecule has 0 bridgehead atoms. The lowest BCUT2D eigenvalue weighted by atomic mass is 10.00. The summed E-state index contributed by atoms with van der Waals surface area (Å²) >= 11 is 0. The van der Waals surface area contributed by atoms with Gasteiger partial charge in [0.2, 0.25) is 0 Å². The second kappa shape index (κ2) is 4.34. The Hall–Kier alpha value is -2.82. The summed E-state index contributed by atoms with van der Waals surface area (Å²) in [6.45, 7) is 2.10. The lowest BCUT2D eigenvalue weighted by molar-refractivity contribution is 0.414. The lowest BCUT2D eigenvalue weighted by Crippen LogP contribution is -1.86. The van der Waals surface area contributed by atoms with Gasteiger partial charge in [-0.3, -0.25) is 0 Å². The van der Waals surface area contributed by atoms with Gasteiger partial charge in [-0.25, -0.2) is 9.97 Å². The number of hydrogen-bond donors (Lipinski definition) is 2. The molecule has 1 aromatic carbocycles. The molecule has 0 unspecified atom stereocenters. The Morgan fingerprint density at radius 3 is 2.81 bits per heavy atom. The van der Waals surface area contributed by atoms with Crippen LogP contribution in [0.15, 0.2) is 36.9 Å². The van der Waals surface area contributed by atoms with E-state index >= 15 is 0 Å². The van der Waals surface area contributed by atoms with Gasteiger partial charge < -0.3 is 14.7 Å². The molecule has 0 spiro atoms. The van der Waals surface area contributed by atoms with Crippen LogP contribution in [0.25, 0.3) is 33.2 Å². The average Bonchev–Trinajstić information content (AvgIpc) is 3.11. The summed E-state index contributed by atoms with van der Waals surface area (Å²) < 4.78 is 5.28. The SMILES string of the molecule is COc1cnc2[nH]cc(-c3cc4nc[nH]c4cc3C)c2c1. The van der Waals surface area contributed by atoms with Gasteiger partial charge in [0.25, 0.3) is 0 Å². The van der Waals surface area contributed by atoms with Crippen molar-refractivity contribution in [2.75, 3.05) is 7.11 Å². The summed E-state index contributed by atoms with van der Waals surface area (Å²) in [7, 11) is 1.65. The van der Waals surface area contributed by atoms with Crippen molar-refractivity contribution < 1.29 is 4.74 Å². The molecule has 0 aliphatic rings. The van der Waals surface area contributed by atoms with E-state index in [0.717, 1.165) is 38.9 Å². The van der Waals surface area contributed by atoms with Crippen molar-refractivity contribution in [1.82, 2.24) is 19.9 Å². The van der Waals surface area contributed by atoms with E-state index in [4.69, 9.17) is 4.74 Å². The number of aromatic amines is 2. The molecular weight excluding hydrogens is 264 g/mol. The average molecular weight is 278 g/mol. The molecule has 0 saturated carbocycles. The zero-order valence-corrected chi connectivity index (χ0v) is 11.8. The number of fused-ring (bicyclic) bond motifs is 2. The van der Waals surface area contributed by atoms with Crippen LogP contribution >= 0.6 is 0 Å². The predicted molar refractivity (Wildman–Crippen MR) is 82.5 cm³/mol. The molecule has 0 saturated heterocycles. The Kier molecular flexibility index (Phi) is 2.47. The van der Waals surface area contributed by atoms with E-state index in [-0.39, 0.29) is 0 Å². The van der Waals surface area contributed by atoms with Crippen molar-refractivity contribution in [3.8, 4) is 16.9 Å². The maximum absolute atomic E-state index is 5.28. The van der Waals surface area contributed by atoms with Crippen LogP contribution in [0.2, 0.25) is 0 Å². The van der Waals surface area contributed by atoms with Crippen molar-refractivity contribution in [2.24, 2.45) is 0 Å². The van der Waals surface area contributed by atoms with Gasteiger partial charge in [0.1, 0.15) is 11.4 Å². The number of aryl methyl sites for hydroxylation is 1. The molecular formula is C16H14N4O. The number of H-pyrrole nitrogens is 2. The third-order valence-electron chi connectivity index (χ3n) is 3.80. The number of ether oxygens (including phenoxy) is 1. The molecule has 3 heterocycles. The molecule has 0 atom stereocenters. The van der Waals surface area contributed by atoms with Crippen molar-refractivity contribution >= 4 is 22.1 Å². The minimum Gasteiger partial charge on any atom is -0.495 e. The van der Waals surface area contributed by atoms with Gasteiger partial charge in [0.05, 0.1) is 30.7 Å². The predicted octanol–water partition coefficient (Wildman–Crippen LogP) is 3.42. The molecule has 4 rings (SSSR count). The van der Waals surface area contributed by atoms with Crippen LogP contribution in [-0.4, -0.2) is 27.0 Å². The molecule has 0 aliphatic heterocycles. The molecule has 0 aliphatic carbocycles. The molecule has 5 heteroatoms. The van der Waals surface area contributed by atoms with Gasteiger partial charge in [-0.1, -0.05) is 0 Å². The van der Waals surface area contributed by atoms with Crippen LogP contribution in [0.3, 0.4) is 0 Å². The quantitative estimate of drug-likeness (QED) is 0.590. The minimum atomic E-state index is 0.752. The van der Waals surface area contributed by atoms with Gasteiger partial charge in [-0.2, -0.15) is 0 Å². The highest BCUT2D eigenvalue weighted by atomic mass is 16.5. The highest BCUT2D eigenvalue weighted by molar-refractivity contribution is 5.97. The first kappa shape index (κ1) is 12.0. The summed E-state index contributed by atoms with van der Waals surface area (Å²) in [6.07, 6.45) is 5.41. The number of nitrogens with one attached hydrogen (secondary N) is 2. The zero-order chi connectivity index (χ0) is 14.4. The van der Waals surface area contributed by atoms with E-state index < -0.39 is 0 Å². The molecule has 21 heavy (non-hydrogen) atoms. The first-order valence-corrected chi connectivity index (χ1v) is 6.71. The van der Waals surface area contributed by atoms with E-state index in [1.807, 2.05) is 12.3 Å². The van der Waals surface area contributed by atoms with Gasteiger partial charge in [0.15, 0.2) is 0 Å². The van der Waals surface area contributed by atoms with Crippen LogP contribution in [-0.2, 0) is 0 Å². The number of nitrogens with zero attached hydrogens (tertiary/aromatic N) is 2. The van der Waals surface area contributed by atoms with Crippen molar-refractivity contribution in [3.63, 3.8) is 0 Å². The largest absolute Gasteiger partial charge is 0.495 e. The zero-order valence-electron chi connectivity index (χ0n) is 11.8. The van der Waals surface area contributed by atoms with Crippen LogP contribution in [0.1, 0.15) is 5.56 Å². The maximum Gasteiger partial charge on any atom is 0.138 e. The van der Waals surface area contributed by atoms with E-state index in [1.165, 1.54) is 5.56 Å². The summed E-state index contributed by atoms with van der Waals surface area (Å²) in [5.41, 5.74) is 6.31. The number of benzene rings is 1. The molecule has 2 N–H and O–H groups in total. The van der Waals surface area contributed by atoms with Crippen molar-refractivity contribution in [2.45, 2.75) is 6.92 Å². The number of methoxy groups -OCH3 is 1. The molecule has 0 radical (unpaired) electrons. The van der Waals surface area contributed by atoms with Gasteiger partial charge in [-0.15, -0.1) is 0 Å². The standard InChI is InChI=1S/C16H14N4O/c1-9-3-14-15(20-8-19-14)5-11(9)13-7-18-16-12(13)4-10(21-2)6-17-16/h3-8H,1-2H3,(H,17,18)(H,19,20). The Balaban J connectivity index is 2.00. The topological polar surface area (TPSA) is 66.6 Å². The molecule has 4 aromatic rings.